The molecule has 1 N–H and O–H groups in total. The summed E-state index contributed by atoms with van der Waals surface area (Å²) < 4.78 is 0. The summed E-state index contributed by atoms with van der Waals surface area (Å²) >= 11 is 0. The monoisotopic (exact) mass is 220 g/mol. The van der Waals surface area contributed by atoms with Crippen LogP contribution < -0.4 is 0 Å². The van der Waals surface area contributed by atoms with Crippen LogP contribution >= 0.6 is 0 Å². The van der Waals surface area contributed by atoms with Gasteiger partial charge in [-0.1, -0.05) is 20.3 Å². The van der Waals surface area contributed by atoms with Crippen LogP contribution in [0.25, 0.3) is 0 Å². The van der Waals surface area contributed by atoms with Gasteiger partial charge in [-0.3, -0.25) is 0 Å². The van der Waals surface area contributed by atoms with E-state index in [0.717, 1.165) is 12.8 Å². The summed E-state index contributed by atoms with van der Waals surface area (Å²) in [6, 6.07) is 0. The number of hydrogen-bond donors (Lipinski definition) is 1. The van der Waals surface area contributed by atoms with Gasteiger partial charge in [-0.15, -0.1) is 0 Å². The van der Waals surface area contributed by atoms with Crippen LogP contribution in [0.1, 0.15) is 40.0 Å². The molecule has 90 valence electrons. The van der Waals surface area contributed by atoms with Crippen LogP contribution in [0.4, 0.5) is 0 Å². The third-order valence-electron chi connectivity index (χ3n) is 2.11. The number of hydrogen-bond acceptors (Lipinski definition) is 5. The molecule has 0 saturated heterocycles. The normalized spacial score (nSPS) is 14.7. The number of carbonyl (C=O) groups excluding carboxylic acids is 1. The largest absolute Gasteiger partial charge is 0.342 e. The minimum atomic E-state index is -0.649. The Morgan fingerprint density at radius 1 is 1.40 bits per heavy atom. The smallest absolute Gasteiger partial charge is 0.301 e. The number of rotatable bonds is 8. The van der Waals surface area contributed by atoms with E-state index >= 15 is 0 Å². The van der Waals surface area contributed by atoms with E-state index in [9.17, 15) is 4.79 Å². The van der Waals surface area contributed by atoms with Gasteiger partial charge in [0.25, 0.3) is 0 Å². The van der Waals surface area contributed by atoms with Crippen molar-refractivity contribution in [1.82, 2.24) is 0 Å². The highest BCUT2D eigenvalue weighted by Crippen LogP contribution is 2.17. The second-order valence-corrected chi connectivity index (χ2v) is 3.47. The lowest BCUT2D eigenvalue weighted by molar-refractivity contribution is -0.331. The van der Waals surface area contributed by atoms with Gasteiger partial charge in [-0.2, -0.15) is 5.26 Å². The lowest BCUT2D eigenvalue weighted by Crippen LogP contribution is -2.24. The van der Waals surface area contributed by atoms with Crippen LogP contribution in [0.3, 0.4) is 0 Å². The fourth-order valence-corrected chi connectivity index (χ4v) is 1.30. The summed E-state index contributed by atoms with van der Waals surface area (Å²) in [4.78, 5) is 24.5. The van der Waals surface area contributed by atoms with Crippen molar-refractivity contribution < 1.29 is 24.7 Å². The van der Waals surface area contributed by atoms with Crippen LogP contribution in [-0.4, -0.2) is 23.9 Å². The average Bonchev–Trinajstić information content (AvgIpc) is 2.23. The molecule has 0 amide bonds. The van der Waals surface area contributed by atoms with Crippen LogP contribution in [0.5, 0.6) is 0 Å². The zero-order valence-corrected chi connectivity index (χ0v) is 9.56. The first-order valence-electron chi connectivity index (χ1n) is 5.28. The molecule has 0 aromatic rings. The number of carbonyl (C=O) groups is 1. The first-order chi connectivity index (χ1) is 7.15. The fourth-order valence-electron chi connectivity index (χ4n) is 1.30. The van der Waals surface area contributed by atoms with E-state index in [1.165, 1.54) is 0 Å². The van der Waals surface area contributed by atoms with Gasteiger partial charge in [0.2, 0.25) is 0 Å². The van der Waals surface area contributed by atoms with Gasteiger partial charge >= 0.3 is 5.97 Å². The Bertz CT molecular complexity index is 171. The topological polar surface area (TPSA) is 65.0 Å². The summed E-state index contributed by atoms with van der Waals surface area (Å²) in [7, 11) is 0. The van der Waals surface area contributed by atoms with E-state index in [4.69, 9.17) is 15.0 Å². The third-order valence-corrected chi connectivity index (χ3v) is 2.11. The van der Waals surface area contributed by atoms with E-state index in [-0.39, 0.29) is 18.4 Å². The Morgan fingerprint density at radius 3 is 2.53 bits per heavy atom. The minimum Gasteiger partial charge on any atom is -0.301 e. The zero-order valence-electron chi connectivity index (χ0n) is 9.56. The molecule has 0 radical (unpaired) electrons. The molecule has 15 heavy (non-hydrogen) atoms. The van der Waals surface area contributed by atoms with Crippen molar-refractivity contribution in [2.45, 2.75) is 46.1 Å². The summed E-state index contributed by atoms with van der Waals surface area (Å²) in [5, 5.41) is 8.15. The molecule has 0 aliphatic rings. The molecule has 2 atom stereocenters. The molecule has 0 heterocycles. The quantitative estimate of drug-likeness (QED) is 0.501. The Labute approximate surface area is 90.2 Å². The summed E-state index contributed by atoms with van der Waals surface area (Å²) in [5.41, 5.74) is 0. The maximum absolute atomic E-state index is 10.8. The predicted octanol–water partition coefficient (Wildman–Crippen LogP) is 2.17. The van der Waals surface area contributed by atoms with Gasteiger partial charge in [0, 0.05) is 0 Å². The van der Waals surface area contributed by atoms with Crippen molar-refractivity contribution in [3.8, 4) is 0 Å². The molecule has 0 spiro atoms. The van der Waals surface area contributed by atoms with Gasteiger partial charge in [0.1, 0.15) is 0 Å². The highest BCUT2D eigenvalue weighted by molar-refractivity contribution is 5.68. The molecule has 2 unspecified atom stereocenters. The first kappa shape index (κ1) is 14.3. The molecule has 0 rings (SSSR count). The fraction of sp³-hybridized carbons (Fsp3) is 0.900. The van der Waals surface area contributed by atoms with E-state index in [1.807, 2.05) is 20.8 Å². The van der Waals surface area contributed by atoms with Crippen molar-refractivity contribution in [2.24, 2.45) is 5.92 Å². The van der Waals surface area contributed by atoms with E-state index < -0.39 is 5.97 Å². The van der Waals surface area contributed by atoms with Gasteiger partial charge in [-0.05, 0) is 19.3 Å². The van der Waals surface area contributed by atoms with Crippen LogP contribution in [0, 0.1) is 5.92 Å². The second kappa shape index (κ2) is 8.64. The van der Waals surface area contributed by atoms with Crippen LogP contribution in [0.15, 0.2) is 0 Å². The lowest BCUT2D eigenvalue weighted by atomic mass is 9.97. The van der Waals surface area contributed by atoms with Gasteiger partial charge in [0.15, 0.2) is 0 Å². The van der Waals surface area contributed by atoms with Crippen molar-refractivity contribution in [3.05, 3.63) is 0 Å². The zero-order chi connectivity index (χ0) is 11.7. The van der Waals surface area contributed by atoms with E-state index in [0.29, 0.717) is 6.61 Å². The Kier molecular flexibility index (Phi) is 8.27. The molecule has 5 heteroatoms. The SMILES string of the molecule is CCCC(OOCC)C(C)CC(=O)OO. The third kappa shape index (κ3) is 6.43. The van der Waals surface area contributed by atoms with Gasteiger partial charge < -0.3 is 4.89 Å². The molecule has 0 aliphatic carbocycles. The molecular weight excluding hydrogens is 200 g/mol. The molecule has 0 aromatic heterocycles. The molecule has 0 bridgehead atoms. The standard InChI is InChI=1S/C10H20O5/c1-4-6-9(15-13-5-2)8(3)7-10(11)14-12/h8-9,12H,4-7H2,1-3H3. The lowest BCUT2D eigenvalue weighted by Gasteiger charge is -2.21. The van der Waals surface area contributed by atoms with Crippen molar-refractivity contribution >= 4 is 5.97 Å². The van der Waals surface area contributed by atoms with E-state index in [2.05, 4.69) is 4.89 Å². The minimum absolute atomic E-state index is 0.0452. The van der Waals surface area contributed by atoms with E-state index in [1.54, 1.807) is 0 Å². The molecule has 0 saturated carbocycles. The highest BCUT2D eigenvalue weighted by Gasteiger charge is 2.22. The average molecular weight is 220 g/mol. The van der Waals surface area contributed by atoms with Crippen LogP contribution in [0.2, 0.25) is 0 Å². The van der Waals surface area contributed by atoms with Crippen molar-refractivity contribution in [3.63, 3.8) is 0 Å². The summed E-state index contributed by atoms with van der Waals surface area (Å²) in [6.07, 6.45) is 1.72. The van der Waals surface area contributed by atoms with Crippen molar-refractivity contribution in [2.75, 3.05) is 6.61 Å². The predicted molar refractivity (Wildman–Crippen MR) is 53.9 cm³/mol. The molecule has 5 nitrogen and oxygen atoms in total. The summed E-state index contributed by atoms with van der Waals surface area (Å²) in [6.45, 7) is 6.18. The first-order valence-corrected chi connectivity index (χ1v) is 5.28. The maximum Gasteiger partial charge on any atom is 0.342 e. The maximum atomic E-state index is 10.8. The van der Waals surface area contributed by atoms with Crippen molar-refractivity contribution in [1.29, 1.82) is 0 Å². The summed E-state index contributed by atoms with van der Waals surface area (Å²) in [5.74, 6) is -0.695. The van der Waals surface area contributed by atoms with Gasteiger partial charge in [0.05, 0.1) is 19.1 Å². The molecule has 0 fully saturated rings. The highest BCUT2D eigenvalue weighted by atomic mass is 17.2. The molecule has 0 aromatic carbocycles. The molecule has 0 aliphatic heterocycles. The second-order valence-electron chi connectivity index (χ2n) is 3.47. The Morgan fingerprint density at radius 2 is 2.07 bits per heavy atom. The molecular formula is C10H20O5. The Balaban J connectivity index is 4.02. The van der Waals surface area contributed by atoms with Crippen LogP contribution in [-0.2, 0) is 19.5 Å². The van der Waals surface area contributed by atoms with Gasteiger partial charge in [-0.25, -0.2) is 14.6 Å². The Hall–Kier alpha value is -0.650.